The zero-order valence-electron chi connectivity index (χ0n) is 15.8. The first-order chi connectivity index (χ1) is 15.0. The van der Waals surface area contributed by atoms with Gasteiger partial charge in [0.2, 0.25) is 0 Å². The van der Waals surface area contributed by atoms with Gasteiger partial charge in [0.1, 0.15) is 0 Å². The molecule has 0 atom stereocenters. The molecular formula is C21H14BrN5O2S2. The van der Waals surface area contributed by atoms with Gasteiger partial charge >= 0.3 is 0 Å². The van der Waals surface area contributed by atoms with Gasteiger partial charge in [-0.2, -0.15) is 9.61 Å². The van der Waals surface area contributed by atoms with Crippen molar-refractivity contribution in [3.8, 4) is 22.0 Å². The van der Waals surface area contributed by atoms with Crippen LogP contribution in [0.15, 0.2) is 87.5 Å². The molecule has 0 aliphatic rings. The second-order valence-corrected chi connectivity index (χ2v) is 10.2. The van der Waals surface area contributed by atoms with Gasteiger partial charge in [-0.1, -0.05) is 34.1 Å². The smallest absolute Gasteiger partial charge is 0.261 e. The minimum absolute atomic E-state index is 0.186. The quantitative estimate of drug-likeness (QED) is 0.355. The molecule has 3 aromatic heterocycles. The molecule has 0 radical (unpaired) electrons. The van der Waals surface area contributed by atoms with Crippen molar-refractivity contribution < 1.29 is 8.42 Å². The lowest BCUT2D eigenvalue weighted by atomic mass is 10.1. The van der Waals surface area contributed by atoms with Crippen LogP contribution in [-0.4, -0.2) is 28.2 Å². The zero-order chi connectivity index (χ0) is 21.4. The van der Waals surface area contributed by atoms with Crippen molar-refractivity contribution in [1.82, 2.24) is 19.8 Å². The van der Waals surface area contributed by atoms with Crippen LogP contribution in [0.3, 0.4) is 0 Å². The predicted octanol–water partition coefficient (Wildman–Crippen LogP) is 5.08. The summed E-state index contributed by atoms with van der Waals surface area (Å²) in [4.78, 5) is 1.15. The summed E-state index contributed by atoms with van der Waals surface area (Å²) in [6.45, 7) is 0. The first-order valence-electron chi connectivity index (χ1n) is 9.15. The molecule has 0 unspecified atom stereocenters. The van der Waals surface area contributed by atoms with Crippen molar-refractivity contribution in [3.05, 3.63) is 82.6 Å². The van der Waals surface area contributed by atoms with Crippen molar-refractivity contribution in [2.45, 2.75) is 4.90 Å². The summed E-state index contributed by atoms with van der Waals surface area (Å²) >= 11 is 4.88. The van der Waals surface area contributed by atoms with Gasteiger partial charge in [0.25, 0.3) is 10.0 Å². The Balaban J connectivity index is 1.49. The average Bonchev–Trinajstić information content (AvgIpc) is 3.43. The minimum Gasteiger partial charge on any atom is -0.280 e. The Kier molecular flexibility index (Phi) is 5.05. The third-order valence-electron chi connectivity index (χ3n) is 4.54. The van der Waals surface area contributed by atoms with E-state index in [-0.39, 0.29) is 4.90 Å². The molecular weight excluding hydrogens is 498 g/mol. The topological polar surface area (TPSA) is 89.2 Å². The highest BCUT2D eigenvalue weighted by atomic mass is 79.9. The van der Waals surface area contributed by atoms with E-state index in [0.29, 0.717) is 22.9 Å². The van der Waals surface area contributed by atoms with Crippen LogP contribution in [0.1, 0.15) is 0 Å². The Hall–Kier alpha value is -3.08. The molecule has 154 valence electrons. The van der Waals surface area contributed by atoms with Gasteiger partial charge in [-0.3, -0.25) is 4.72 Å². The number of nitrogens with one attached hydrogen (secondary N) is 1. The highest BCUT2D eigenvalue weighted by molar-refractivity contribution is 9.10. The summed E-state index contributed by atoms with van der Waals surface area (Å²) in [5.41, 5.74) is 2.53. The summed E-state index contributed by atoms with van der Waals surface area (Å²) in [5, 5.41) is 15.1. The van der Waals surface area contributed by atoms with E-state index in [1.54, 1.807) is 58.3 Å². The number of anilines is 1. The second kappa shape index (κ2) is 7.88. The van der Waals surface area contributed by atoms with Crippen LogP contribution < -0.4 is 4.72 Å². The van der Waals surface area contributed by atoms with Crippen molar-refractivity contribution >= 4 is 48.6 Å². The van der Waals surface area contributed by atoms with Crippen LogP contribution >= 0.6 is 27.3 Å². The van der Waals surface area contributed by atoms with E-state index in [0.717, 1.165) is 14.9 Å². The third-order valence-corrected chi connectivity index (χ3v) is 7.33. The molecule has 0 saturated carbocycles. The number of aromatic nitrogens is 4. The first kappa shape index (κ1) is 19.9. The summed E-state index contributed by atoms with van der Waals surface area (Å²) in [6, 6.07) is 21.2. The van der Waals surface area contributed by atoms with E-state index >= 15 is 0 Å². The molecule has 3 heterocycles. The number of rotatable bonds is 5. The molecule has 0 amide bonds. The SMILES string of the molecule is O=S(=O)(Nc1cccc(-c2ccc3nnc(-c4cccs4)n3n2)c1)c1ccc(Br)cc1. The van der Waals surface area contributed by atoms with Crippen LogP contribution in [0.4, 0.5) is 5.69 Å². The largest absolute Gasteiger partial charge is 0.280 e. The molecule has 5 rings (SSSR count). The Morgan fingerprint density at radius 2 is 1.77 bits per heavy atom. The van der Waals surface area contributed by atoms with Gasteiger partial charge in [-0.15, -0.1) is 21.5 Å². The fraction of sp³-hybridized carbons (Fsp3) is 0. The number of benzene rings is 2. The number of fused-ring (bicyclic) bond motifs is 1. The predicted molar refractivity (Wildman–Crippen MR) is 124 cm³/mol. The zero-order valence-corrected chi connectivity index (χ0v) is 19.0. The maximum absolute atomic E-state index is 12.7. The standard InChI is InChI=1S/C21H14BrN5O2S2/c22-15-6-8-17(9-7-15)31(28,29)26-16-4-1-3-14(13-16)18-10-11-20-23-24-21(27(20)25-18)19-5-2-12-30-19/h1-13,26H. The number of hydrogen-bond donors (Lipinski definition) is 1. The number of thiophene rings is 1. The number of nitrogens with zero attached hydrogens (tertiary/aromatic N) is 4. The summed E-state index contributed by atoms with van der Waals surface area (Å²) in [6.07, 6.45) is 0. The Labute approximate surface area is 190 Å². The molecule has 5 aromatic rings. The van der Waals surface area contributed by atoms with Gasteiger partial charge in [-0.25, -0.2) is 8.42 Å². The normalized spacial score (nSPS) is 11.6. The van der Waals surface area contributed by atoms with E-state index < -0.39 is 10.0 Å². The molecule has 0 bridgehead atoms. The number of halogens is 1. The van der Waals surface area contributed by atoms with Crippen LogP contribution in [-0.2, 0) is 10.0 Å². The van der Waals surface area contributed by atoms with Crippen LogP contribution in [0, 0.1) is 0 Å². The van der Waals surface area contributed by atoms with Crippen LogP contribution in [0.5, 0.6) is 0 Å². The van der Waals surface area contributed by atoms with Gasteiger partial charge < -0.3 is 0 Å². The summed E-state index contributed by atoms with van der Waals surface area (Å²) < 4.78 is 30.6. The van der Waals surface area contributed by atoms with E-state index in [2.05, 4.69) is 35.9 Å². The first-order valence-corrected chi connectivity index (χ1v) is 12.3. The van der Waals surface area contributed by atoms with E-state index in [4.69, 9.17) is 0 Å². The van der Waals surface area contributed by atoms with E-state index in [9.17, 15) is 8.42 Å². The number of hydrogen-bond acceptors (Lipinski definition) is 6. The lowest BCUT2D eigenvalue weighted by Gasteiger charge is -2.10. The van der Waals surface area contributed by atoms with Gasteiger partial charge in [0.05, 0.1) is 15.5 Å². The van der Waals surface area contributed by atoms with Gasteiger partial charge in [0.15, 0.2) is 11.5 Å². The van der Waals surface area contributed by atoms with Crippen molar-refractivity contribution in [1.29, 1.82) is 0 Å². The fourth-order valence-electron chi connectivity index (χ4n) is 3.07. The van der Waals surface area contributed by atoms with Crippen LogP contribution in [0.2, 0.25) is 0 Å². The maximum Gasteiger partial charge on any atom is 0.261 e. The van der Waals surface area contributed by atoms with Gasteiger partial charge in [0, 0.05) is 15.7 Å². The molecule has 31 heavy (non-hydrogen) atoms. The Bertz CT molecular complexity index is 1480. The minimum atomic E-state index is -3.71. The molecule has 7 nitrogen and oxygen atoms in total. The lowest BCUT2D eigenvalue weighted by molar-refractivity contribution is 0.601. The molecule has 0 aliphatic carbocycles. The van der Waals surface area contributed by atoms with E-state index in [1.807, 2.05) is 35.7 Å². The third kappa shape index (κ3) is 3.97. The molecule has 0 fully saturated rings. The average molecular weight is 512 g/mol. The summed E-state index contributed by atoms with van der Waals surface area (Å²) in [7, 11) is -3.71. The van der Waals surface area contributed by atoms with Crippen molar-refractivity contribution in [3.63, 3.8) is 0 Å². The molecule has 0 spiro atoms. The molecule has 0 aliphatic heterocycles. The lowest BCUT2D eigenvalue weighted by Crippen LogP contribution is -2.12. The van der Waals surface area contributed by atoms with Crippen molar-refractivity contribution in [2.24, 2.45) is 0 Å². The van der Waals surface area contributed by atoms with Crippen LogP contribution in [0.25, 0.3) is 27.6 Å². The molecule has 1 N–H and O–H groups in total. The molecule has 0 saturated heterocycles. The Morgan fingerprint density at radius 1 is 0.935 bits per heavy atom. The maximum atomic E-state index is 12.7. The van der Waals surface area contributed by atoms with Crippen molar-refractivity contribution in [2.75, 3.05) is 4.72 Å². The highest BCUT2D eigenvalue weighted by Gasteiger charge is 2.15. The van der Waals surface area contributed by atoms with E-state index in [1.165, 1.54) is 0 Å². The Morgan fingerprint density at radius 3 is 2.55 bits per heavy atom. The monoisotopic (exact) mass is 511 g/mol. The number of sulfonamides is 1. The molecule has 10 heteroatoms. The van der Waals surface area contributed by atoms with Gasteiger partial charge in [-0.05, 0) is 60.0 Å². The highest BCUT2D eigenvalue weighted by Crippen LogP contribution is 2.26. The second-order valence-electron chi connectivity index (χ2n) is 6.63. The molecule has 2 aromatic carbocycles. The fourth-order valence-corrected chi connectivity index (χ4v) is 5.08. The summed E-state index contributed by atoms with van der Waals surface area (Å²) in [5.74, 6) is 0.666.